The summed E-state index contributed by atoms with van der Waals surface area (Å²) in [5.41, 5.74) is 0.661. The van der Waals surface area contributed by atoms with Crippen molar-refractivity contribution in [1.82, 2.24) is 0 Å². The monoisotopic (exact) mass is 312 g/mol. The van der Waals surface area contributed by atoms with Crippen LogP contribution in [0, 0.1) is 0 Å². The van der Waals surface area contributed by atoms with Crippen LogP contribution < -0.4 is 15.4 Å². The van der Waals surface area contributed by atoms with Crippen molar-refractivity contribution in [3.8, 4) is 5.75 Å². The second-order valence-electron chi connectivity index (χ2n) is 3.96. The molecular formula is C14H11ClF2N2O2. The minimum atomic E-state index is -2.97. The molecule has 0 saturated carbocycles. The summed E-state index contributed by atoms with van der Waals surface area (Å²) in [5.74, 6) is -0.112. The van der Waals surface area contributed by atoms with Crippen molar-refractivity contribution in [2.75, 3.05) is 10.6 Å². The summed E-state index contributed by atoms with van der Waals surface area (Å²) in [6, 6.07) is 11.8. The zero-order valence-corrected chi connectivity index (χ0v) is 11.4. The summed E-state index contributed by atoms with van der Waals surface area (Å²) in [5, 5.41) is 5.52. The van der Waals surface area contributed by atoms with E-state index in [2.05, 4.69) is 15.4 Å². The van der Waals surface area contributed by atoms with Gasteiger partial charge in [0.2, 0.25) is 0 Å². The van der Waals surface area contributed by atoms with E-state index >= 15 is 0 Å². The van der Waals surface area contributed by atoms with Crippen molar-refractivity contribution in [3.63, 3.8) is 0 Å². The van der Waals surface area contributed by atoms with Crippen LogP contribution in [0.4, 0.5) is 25.0 Å². The number of carbonyl (C=O) groups is 1. The Bertz CT molecular complexity index is 621. The van der Waals surface area contributed by atoms with Gasteiger partial charge in [0.05, 0.1) is 5.69 Å². The predicted molar refractivity (Wildman–Crippen MR) is 77.2 cm³/mol. The number of carbonyl (C=O) groups excluding carboxylic acids is 1. The van der Waals surface area contributed by atoms with Crippen LogP contribution in [0.5, 0.6) is 5.75 Å². The highest BCUT2D eigenvalue weighted by Gasteiger charge is 2.11. The summed E-state index contributed by atoms with van der Waals surface area (Å²) in [6.07, 6.45) is 0. The smallest absolute Gasteiger partial charge is 0.387 e. The molecule has 0 heterocycles. The highest BCUT2D eigenvalue weighted by atomic mass is 35.5. The van der Waals surface area contributed by atoms with Gasteiger partial charge < -0.3 is 15.4 Å². The molecule has 0 spiro atoms. The highest BCUT2D eigenvalue weighted by Crippen LogP contribution is 2.25. The molecule has 0 unspecified atom stereocenters. The fourth-order valence-electron chi connectivity index (χ4n) is 1.59. The summed E-state index contributed by atoms with van der Waals surface area (Å²) in [6.45, 7) is -2.97. The molecule has 21 heavy (non-hydrogen) atoms. The highest BCUT2D eigenvalue weighted by molar-refractivity contribution is 6.30. The SMILES string of the molecule is O=C(Nc1ccc(Cl)cc1)Nc1ccccc1OC(F)F. The van der Waals surface area contributed by atoms with Crippen LogP contribution in [0.25, 0.3) is 0 Å². The standard InChI is InChI=1S/C14H11ClF2N2O2/c15-9-5-7-10(8-6-9)18-14(20)19-11-3-1-2-4-12(11)21-13(16)17/h1-8,13H,(H2,18,19,20). The second-order valence-corrected chi connectivity index (χ2v) is 4.40. The number of anilines is 2. The summed E-state index contributed by atoms with van der Waals surface area (Å²) >= 11 is 5.73. The molecule has 4 nitrogen and oxygen atoms in total. The first-order valence-electron chi connectivity index (χ1n) is 5.92. The van der Waals surface area contributed by atoms with E-state index in [0.29, 0.717) is 10.7 Å². The minimum absolute atomic E-state index is 0.112. The number of alkyl halides is 2. The molecule has 0 fully saturated rings. The van der Waals surface area contributed by atoms with Crippen molar-refractivity contribution in [2.45, 2.75) is 6.61 Å². The quantitative estimate of drug-likeness (QED) is 0.867. The molecule has 2 rings (SSSR count). The zero-order valence-electron chi connectivity index (χ0n) is 10.6. The lowest BCUT2D eigenvalue weighted by Gasteiger charge is -2.12. The predicted octanol–water partition coefficient (Wildman–Crippen LogP) is 4.59. The number of nitrogens with one attached hydrogen (secondary N) is 2. The van der Waals surface area contributed by atoms with Gasteiger partial charge in [-0.3, -0.25) is 0 Å². The van der Waals surface area contributed by atoms with Crippen molar-refractivity contribution < 1.29 is 18.3 Å². The van der Waals surface area contributed by atoms with E-state index in [0.717, 1.165) is 0 Å². The van der Waals surface area contributed by atoms with Crippen LogP contribution in [0.1, 0.15) is 0 Å². The Morgan fingerprint density at radius 2 is 1.71 bits per heavy atom. The number of urea groups is 1. The van der Waals surface area contributed by atoms with Crippen LogP contribution in [-0.4, -0.2) is 12.6 Å². The van der Waals surface area contributed by atoms with Crippen molar-refractivity contribution in [3.05, 3.63) is 53.6 Å². The first-order chi connectivity index (χ1) is 10.0. The fourth-order valence-corrected chi connectivity index (χ4v) is 1.71. The van der Waals surface area contributed by atoms with Gasteiger partial charge in [0, 0.05) is 10.7 Å². The maximum atomic E-state index is 12.3. The summed E-state index contributed by atoms with van der Waals surface area (Å²) in [4.78, 5) is 11.8. The van der Waals surface area contributed by atoms with Gasteiger partial charge in [-0.25, -0.2) is 4.79 Å². The van der Waals surface area contributed by atoms with E-state index < -0.39 is 12.6 Å². The third-order valence-electron chi connectivity index (χ3n) is 2.45. The Labute approximate surface area is 124 Å². The van der Waals surface area contributed by atoms with E-state index in [1.165, 1.54) is 18.2 Å². The van der Waals surface area contributed by atoms with Crippen LogP contribution in [-0.2, 0) is 0 Å². The molecule has 0 aromatic heterocycles. The Morgan fingerprint density at radius 1 is 1.05 bits per heavy atom. The molecule has 0 bridgehead atoms. The molecule has 2 N–H and O–H groups in total. The number of amides is 2. The van der Waals surface area contributed by atoms with Gasteiger partial charge in [0.1, 0.15) is 5.75 Å². The molecule has 0 aliphatic heterocycles. The molecule has 2 amide bonds. The van der Waals surface area contributed by atoms with Crippen LogP contribution in [0.15, 0.2) is 48.5 Å². The van der Waals surface area contributed by atoms with E-state index in [4.69, 9.17) is 11.6 Å². The van der Waals surface area contributed by atoms with Gasteiger partial charge in [-0.05, 0) is 36.4 Å². The van der Waals surface area contributed by atoms with Crippen LogP contribution in [0.2, 0.25) is 5.02 Å². The number of para-hydroxylation sites is 2. The number of ether oxygens (including phenoxy) is 1. The Kier molecular flexibility index (Phi) is 4.94. The van der Waals surface area contributed by atoms with Gasteiger partial charge in [-0.15, -0.1) is 0 Å². The molecule has 110 valence electrons. The number of halogens is 3. The van der Waals surface area contributed by atoms with Gasteiger partial charge in [-0.1, -0.05) is 23.7 Å². The lowest BCUT2D eigenvalue weighted by atomic mass is 10.3. The van der Waals surface area contributed by atoms with E-state index in [9.17, 15) is 13.6 Å². The number of hydrogen-bond donors (Lipinski definition) is 2. The summed E-state index contributed by atoms with van der Waals surface area (Å²) < 4.78 is 28.8. The molecule has 7 heteroatoms. The largest absolute Gasteiger partial charge is 0.433 e. The minimum Gasteiger partial charge on any atom is -0.433 e. The summed E-state index contributed by atoms with van der Waals surface area (Å²) in [7, 11) is 0. The Hall–Kier alpha value is -2.34. The second kappa shape index (κ2) is 6.90. The molecule has 2 aromatic carbocycles. The van der Waals surface area contributed by atoms with Gasteiger partial charge >= 0.3 is 12.6 Å². The number of rotatable bonds is 4. The third kappa shape index (κ3) is 4.61. The fraction of sp³-hybridized carbons (Fsp3) is 0.0714. The molecule has 0 aliphatic rings. The van der Waals surface area contributed by atoms with Gasteiger partial charge in [0.25, 0.3) is 0 Å². The zero-order chi connectivity index (χ0) is 15.2. The van der Waals surface area contributed by atoms with Crippen LogP contribution in [0.3, 0.4) is 0 Å². The van der Waals surface area contributed by atoms with E-state index in [1.807, 2.05) is 0 Å². The topological polar surface area (TPSA) is 50.4 Å². The van der Waals surface area contributed by atoms with Gasteiger partial charge in [0.15, 0.2) is 0 Å². The normalized spacial score (nSPS) is 10.3. The van der Waals surface area contributed by atoms with Crippen molar-refractivity contribution in [2.24, 2.45) is 0 Å². The molecule has 2 aromatic rings. The van der Waals surface area contributed by atoms with E-state index in [-0.39, 0.29) is 11.4 Å². The molecule has 0 saturated heterocycles. The number of hydrogen-bond acceptors (Lipinski definition) is 2. The molecule has 0 radical (unpaired) electrons. The average molecular weight is 313 g/mol. The Morgan fingerprint density at radius 3 is 2.38 bits per heavy atom. The van der Waals surface area contributed by atoms with Gasteiger partial charge in [-0.2, -0.15) is 8.78 Å². The van der Waals surface area contributed by atoms with Crippen molar-refractivity contribution >= 4 is 29.0 Å². The molecule has 0 atom stereocenters. The maximum absolute atomic E-state index is 12.3. The third-order valence-corrected chi connectivity index (χ3v) is 2.71. The maximum Gasteiger partial charge on any atom is 0.387 e. The molecule has 0 aliphatic carbocycles. The number of benzene rings is 2. The first-order valence-corrected chi connectivity index (χ1v) is 6.30. The average Bonchev–Trinajstić information content (AvgIpc) is 2.43. The first kappa shape index (κ1) is 15.1. The van der Waals surface area contributed by atoms with Crippen LogP contribution >= 0.6 is 11.6 Å². The lowest BCUT2D eigenvalue weighted by Crippen LogP contribution is -2.20. The van der Waals surface area contributed by atoms with E-state index in [1.54, 1.807) is 30.3 Å². The van der Waals surface area contributed by atoms with Crippen molar-refractivity contribution in [1.29, 1.82) is 0 Å². The molecular weight excluding hydrogens is 302 g/mol. The lowest BCUT2D eigenvalue weighted by molar-refractivity contribution is -0.0493. The Balaban J connectivity index is 2.04.